The zero-order valence-electron chi connectivity index (χ0n) is 7.56. The van der Waals surface area contributed by atoms with E-state index in [2.05, 4.69) is 9.97 Å². The van der Waals surface area contributed by atoms with Gasteiger partial charge in [0, 0.05) is 12.7 Å². The maximum absolute atomic E-state index is 10.7. The summed E-state index contributed by atoms with van der Waals surface area (Å²) in [5.41, 5.74) is 0.698. The van der Waals surface area contributed by atoms with Crippen LogP contribution in [0.15, 0.2) is 12.5 Å². The third kappa shape index (κ3) is 2.48. The monoisotopic (exact) mass is 181 g/mol. The van der Waals surface area contributed by atoms with Crippen LogP contribution in [0.4, 0.5) is 0 Å². The normalized spacial score (nSPS) is 10.4. The van der Waals surface area contributed by atoms with E-state index in [4.69, 9.17) is 5.11 Å². The number of aromatic nitrogens is 2. The summed E-state index contributed by atoms with van der Waals surface area (Å²) in [6, 6.07) is 0. The Balaban J connectivity index is 2.98. The first-order valence-electron chi connectivity index (χ1n) is 3.78. The van der Waals surface area contributed by atoms with Crippen molar-refractivity contribution in [3.05, 3.63) is 23.8 Å². The van der Waals surface area contributed by atoms with Gasteiger partial charge in [0.25, 0.3) is 0 Å². The van der Waals surface area contributed by atoms with Crippen LogP contribution in [0, 0.1) is 0 Å². The fraction of sp³-hybridized carbons (Fsp3) is 0.375. The van der Waals surface area contributed by atoms with Crippen molar-refractivity contribution in [2.45, 2.75) is 6.54 Å². The molecule has 0 saturated carbocycles. The maximum Gasteiger partial charge on any atom is 0.339 e. The molecule has 1 heterocycles. The van der Waals surface area contributed by atoms with Crippen molar-refractivity contribution in [1.82, 2.24) is 14.9 Å². The van der Waals surface area contributed by atoms with E-state index in [9.17, 15) is 4.79 Å². The van der Waals surface area contributed by atoms with Gasteiger partial charge in [-0.15, -0.1) is 0 Å². The molecular weight excluding hydrogens is 170 g/mol. The van der Waals surface area contributed by atoms with Crippen LogP contribution >= 0.6 is 0 Å². The standard InChI is InChI=1S/C8H11N3O2/c1-11(2)4-7-6(8(12)13)3-9-5-10-7/h3,5H,4H2,1-2H3,(H,12,13). The fourth-order valence-electron chi connectivity index (χ4n) is 0.959. The van der Waals surface area contributed by atoms with Crippen LogP contribution in [0.3, 0.4) is 0 Å². The molecule has 0 aliphatic carbocycles. The summed E-state index contributed by atoms with van der Waals surface area (Å²) >= 11 is 0. The van der Waals surface area contributed by atoms with Gasteiger partial charge in [-0.2, -0.15) is 0 Å². The van der Waals surface area contributed by atoms with Crippen molar-refractivity contribution in [3.63, 3.8) is 0 Å². The van der Waals surface area contributed by atoms with Crippen molar-refractivity contribution in [2.75, 3.05) is 14.1 Å². The van der Waals surface area contributed by atoms with E-state index in [1.165, 1.54) is 12.5 Å². The summed E-state index contributed by atoms with van der Waals surface area (Å²) in [6.45, 7) is 0.504. The summed E-state index contributed by atoms with van der Waals surface area (Å²) in [5, 5.41) is 8.78. The Morgan fingerprint density at radius 3 is 2.85 bits per heavy atom. The molecule has 0 unspecified atom stereocenters. The molecule has 0 atom stereocenters. The highest BCUT2D eigenvalue weighted by atomic mass is 16.4. The molecular formula is C8H11N3O2. The summed E-state index contributed by atoms with van der Waals surface area (Å²) < 4.78 is 0. The number of nitrogens with zero attached hydrogens (tertiary/aromatic N) is 3. The molecule has 0 radical (unpaired) electrons. The van der Waals surface area contributed by atoms with Gasteiger partial charge < -0.3 is 10.0 Å². The number of hydrogen-bond donors (Lipinski definition) is 1. The number of hydrogen-bond acceptors (Lipinski definition) is 4. The van der Waals surface area contributed by atoms with Crippen molar-refractivity contribution in [3.8, 4) is 0 Å². The van der Waals surface area contributed by atoms with E-state index in [-0.39, 0.29) is 5.56 Å². The van der Waals surface area contributed by atoms with Crippen LogP contribution in [-0.4, -0.2) is 40.0 Å². The lowest BCUT2D eigenvalue weighted by molar-refractivity contribution is 0.0693. The molecule has 5 heteroatoms. The van der Waals surface area contributed by atoms with Gasteiger partial charge in [0.15, 0.2) is 0 Å². The predicted molar refractivity (Wildman–Crippen MR) is 46.4 cm³/mol. The van der Waals surface area contributed by atoms with Crippen LogP contribution in [0.1, 0.15) is 16.1 Å². The molecule has 0 bridgehead atoms. The lowest BCUT2D eigenvalue weighted by Crippen LogP contribution is -2.15. The van der Waals surface area contributed by atoms with Gasteiger partial charge in [-0.3, -0.25) is 0 Å². The van der Waals surface area contributed by atoms with Gasteiger partial charge >= 0.3 is 5.97 Å². The second-order valence-electron chi connectivity index (χ2n) is 2.93. The number of rotatable bonds is 3. The molecule has 0 aliphatic heterocycles. The molecule has 1 aromatic heterocycles. The highest BCUT2D eigenvalue weighted by Gasteiger charge is 2.11. The molecule has 0 aromatic carbocycles. The van der Waals surface area contributed by atoms with E-state index in [1.54, 1.807) is 0 Å². The van der Waals surface area contributed by atoms with Crippen molar-refractivity contribution < 1.29 is 9.90 Å². The van der Waals surface area contributed by atoms with Crippen molar-refractivity contribution in [2.24, 2.45) is 0 Å². The average Bonchev–Trinajstić information content (AvgIpc) is 2.03. The van der Waals surface area contributed by atoms with Crippen LogP contribution in [-0.2, 0) is 6.54 Å². The first kappa shape index (κ1) is 9.60. The van der Waals surface area contributed by atoms with E-state index >= 15 is 0 Å². The highest BCUT2D eigenvalue weighted by Crippen LogP contribution is 2.04. The molecule has 13 heavy (non-hydrogen) atoms. The van der Waals surface area contributed by atoms with E-state index in [1.807, 2.05) is 19.0 Å². The lowest BCUT2D eigenvalue weighted by atomic mass is 10.2. The zero-order chi connectivity index (χ0) is 9.84. The van der Waals surface area contributed by atoms with Gasteiger partial charge in [-0.05, 0) is 14.1 Å². The van der Waals surface area contributed by atoms with Crippen LogP contribution in [0.5, 0.6) is 0 Å². The Labute approximate surface area is 76.0 Å². The molecule has 0 saturated heterocycles. The predicted octanol–water partition coefficient (Wildman–Crippen LogP) is 0.236. The zero-order valence-corrected chi connectivity index (χ0v) is 7.56. The van der Waals surface area contributed by atoms with Crippen LogP contribution < -0.4 is 0 Å². The molecule has 1 aromatic rings. The van der Waals surface area contributed by atoms with Gasteiger partial charge in [-0.25, -0.2) is 14.8 Å². The van der Waals surface area contributed by atoms with E-state index in [0.717, 1.165) is 0 Å². The Hall–Kier alpha value is -1.49. The molecule has 1 N–H and O–H groups in total. The highest BCUT2D eigenvalue weighted by molar-refractivity contribution is 5.88. The van der Waals surface area contributed by atoms with Gasteiger partial charge in [0.2, 0.25) is 0 Å². The Morgan fingerprint density at radius 1 is 1.62 bits per heavy atom. The quantitative estimate of drug-likeness (QED) is 0.723. The molecule has 0 fully saturated rings. The molecule has 0 spiro atoms. The van der Waals surface area contributed by atoms with Gasteiger partial charge in [-0.1, -0.05) is 0 Å². The Kier molecular flexibility index (Phi) is 2.92. The Bertz CT molecular complexity index is 312. The largest absolute Gasteiger partial charge is 0.478 e. The second-order valence-corrected chi connectivity index (χ2v) is 2.93. The number of carboxylic acid groups (broad SMARTS) is 1. The van der Waals surface area contributed by atoms with Gasteiger partial charge in [0.1, 0.15) is 11.9 Å². The third-order valence-electron chi connectivity index (χ3n) is 1.49. The topological polar surface area (TPSA) is 66.3 Å². The SMILES string of the molecule is CN(C)Cc1ncncc1C(=O)O. The number of aromatic carboxylic acids is 1. The molecule has 5 nitrogen and oxygen atoms in total. The minimum absolute atomic E-state index is 0.163. The van der Waals surface area contributed by atoms with E-state index in [0.29, 0.717) is 12.2 Å². The first-order valence-corrected chi connectivity index (χ1v) is 3.78. The smallest absolute Gasteiger partial charge is 0.339 e. The van der Waals surface area contributed by atoms with E-state index < -0.39 is 5.97 Å². The number of carboxylic acids is 1. The second kappa shape index (κ2) is 3.95. The summed E-state index contributed by atoms with van der Waals surface area (Å²) in [4.78, 5) is 20.1. The molecule has 0 amide bonds. The molecule has 0 aliphatic rings. The summed E-state index contributed by atoms with van der Waals surface area (Å²) in [7, 11) is 3.71. The summed E-state index contributed by atoms with van der Waals surface area (Å²) in [6.07, 6.45) is 2.67. The van der Waals surface area contributed by atoms with Crippen molar-refractivity contribution in [1.29, 1.82) is 0 Å². The minimum Gasteiger partial charge on any atom is -0.478 e. The fourth-order valence-corrected chi connectivity index (χ4v) is 0.959. The lowest BCUT2D eigenvalue weighted by Gasteiger charge is -2.09. The number of carbonyl (C=O) groups is 1. The van der Waals surface area contributed by atoms with Crippen molar-refractivity contribution >= 4 is 5.97 Å². The molecule has 70 valence electrons. The van der Waals surface area contributed by atoms with Crippen LogP contribution in [0.25, 0.3) is 0 Å². The minimum atomic E-state index is -0.988. The summed E-state index contributed by atoms with van der Waals surface area (Å²) in [5.74, 6) is -0.988. The third-order valence-corrected chi connectivity index (χ3v) is 1.49. The average molecular weight is 181 g/mol. The first-order chi connectivity index (χ1) is 6.11. The maximum atomic E-state index is 10.7. The van der Waals surface area contributed by atoms with Gasteiger partial charge in [0.05, 0.1) is 5.69 Å². The van der Waals surface area contributed by atoms with Crippen LogP contribution in [0.2, 0.25) is 0 Å². The molecule has 1 rings (SSSR count). The Morgan fingerprint density at radius 2 is 2.31 bits per heavy atom.